The monoisotopic (exact) mass is 442 g/mol. The molecule has 2 aromatic carbocycles. The van der Waals surface area contributed by atoms with Crippen LogP contribution in [0.15, 0.2) is 59.5 Å². The number of hydrogen-bond donors (Lipinski definition) is 0. The van der Waals surface area contributed by atoms with Crippen LogP contribution < -0.4 is 4.90 Å². The van der Waals surface area contributed by atoms with Gasteiger partial charge in [0.2, 0.25) is 15.9 Å². The predicted octanol–water partition coefficient (Wildman–Crippen LogP) is 3.47. The second-order valence-electron chi connectivity index (χ2n) is 8.32. The Bertz CT molecular complexity index is 964. The first kappa shape index (κ1) is 22.0. The Labute approximate surface area is 184 Å². The van der Waals surface area contributed by atoms with E-state index in [0.29, 0.717) is 49.9 Å². The van der Waals surface area contributed by atoms with Crippen LogP contribution in [-0.4, -0.2) is 51.5 Å². The van der Waals surface area contributed by atoms with E-state index in [4.69, 9.17) is 4.74 Å². The molecule has 0 aliphatic carbocycles. The fraction of sp³-hybridized carbons (Fsp3) is 0.458. The maximum absolute atomic E-state index is 13.1. The van der Waals surface area contributed by atoms with Gasteiger partial charge in [-0.1, -0.05) is 30.3 Å². The molecule has 7 heteroatoms. The topological polar surface area (TPSA) is 66.9 Å². The number of nitrogens with zero attached hydrogens (tertiary/aromatic N) is 2. The Balaban J connectivity index is 1.40. The molecule has 4 rings (SSSR count). The number of para-hydroxylation sites is 1. The van der Waals surface area contributed by atoms with E-state index in [1.54, 1.807) is 16.4 Å². The minimum Gasteiger partial charge on any atom is -0.381 e. The summed E-state index contributed by atoms with van der Waals surface area (Å²) in [7, 11) is -3.40. The number of hydrogen-bond acceptors (Lipinski definition) is 4. The lowest BCUT2D eigenvalue weighted by Crippen LogP contribution is -2.35. The van der Waals surface area contributed by atoms with Crippen LogP contribution in [0.25, 0.3) is 0 Å². The van der Waals surface area contributed by atoms with Gasteiger partial charge >= 0.3 is 0 Å². The van der Waals surface area contributed by atoms with Gasteiger partial charge in [-0.15, -0.1) is 0 Å². The highest BCUT2D eigenvalue weighted by Gasteiger charge is 2.27. The molecule has 6 nitrogen and oxygen atoms in total. The maximum atomic E-state index is 13.1. The van der Waals surface area contributed by atoms with Crippen LogP contribution in [0.3, 0.4) is 0 Å². The van der Waals surface area contributed by atoms with Gasteiger partial charge in [0, 0.05) is 44.3 Å². The van der Waals surface area contributed by atoms with Crippen LogP contribution >= 0.6 is 0 Å². The van der Waals surface area contributed by atoms with Crippen molar-refractivity contribution in [1.29, 1.82) is 0 Å². The number of sulfonamides is 1. The summed E-state index contributed by atoms with van der Waals surface area (Å²) >= 11 is 0. The molecule has 1 atom stereocenters. The highest BCUT2D eigenvalue weighted by molar-refractivity contribution is 7.89. The molecule has 0 radical (unpaired) electrons. The lowest BCUT2D eigenvalue weighted by molar-refractivity contribution is -0.118. The van der Waals surface area contributed by atoms with Crippen molar-refractivity contribution < 1.29 is 17.9 Å². The van der Waals surface area contributed by atoms with E-state index in [1.165, 1.54) is 0 Å². The molecule has 2 aliphatic heterocycles. The van der Waals surface area contributed by atoms with E-state index < -0.39 is 10.0 Å². The number of rotatable bonds is 8. The van der Waals surface area contributed by atoms with E-state index in [-0.39, 0.29) is 5.91 Å². The average Bonchev–Trinajstić information content (AvgIpc) is 3.51. The van der Waals surface area contributed by atoms with Crippen LogP contribution in [-0.2, 0) is 26.0 Å². The van der Waals surface area contributed by atoms with Gasteiger partial charge in [-0.2, -0.15) is 4.31 Å². The number of ether oxygens (including phenoxy) is 1. The minimum atomic E-state index is -3.40. The summed E-state index contributed by atoms with van der Waals surface area (Å²) in [5, 5.41) is 0. The normalized spacial score (nSPS) is 19.5. The van der Waals surface area contributed by atoms with Crippen molar-refractivity contribution in [1.82, 2.24) is 4.31 Å². The molecule has 2 fully saturated rings. The number of amides is 1. The molecule has 2 saturated heterocycles. The molecule has 0 unspecified atom stereocenters. The van der Waals surface area contributed by atoms with E-state index in [0.717, 1.165) is 37.1 Å². The number of carbonyl (C=O) groups is 1. The molecule has 0 N–H and O–H groups in total. The molecular weight excluding hydrogens is 412 g/mol. The Hall–Kier alpha value is -2.22. The smallest absolute Gasteiger partial charge is 0.243 e. The standard InChI is InChI=1S/C24H30N2O4S/c27-24(26(18-21-14-17-30-19-21)22-6-2-1-3-7-22)13-10-20-8-11-23(12-9-20)31(28,29)25-15-4-5-16-25/h1-3,6-9,11-12,21H,4-5,10,13-19H2/t21-/m0/s1. The third kappa shape index (κ3) is 5.34. The number of aryl methyl sites for hydroxylation is 1. The van der Waals surface area contributed by atoms with Gasteiger partial charge in [-0.3, -0.25) is 4.79 Å². The SMILES string of the molecule is O=C(CCc1ccc(S(=O)(=O)N2CCCC2)cc1)N(C[C@@H]1CCOC1)c1ccccc1. The zero-order valence-electron chi connectivity index (χ0n) is 17.8. The third-order valence-corrected chi connectivity index (χ3v) is 8.00. The van der Waals surface area contributed by atoms with Gasteiger partial charge in [0.15, 0.2) is 0 Å². The molecule has 166 valence electrons. The number of carbonyl (C=O) groups excluding carboxylic acids is 1. The maximum Gasteiger partial charge on any atom is 0.243 e. The van der Waals surface area contributed by atoms with Crippen molar-refractivity contribution in [3.05, 3.63) is 60.2 Å². The van der Waals surface area contributed by atoms with Crippen LogP contribution in [0.2, 0.25) is 0 Å². The molecule has 31 heavy (non-hydrogen) atoms. The first-order valence-electron chi connectivity index (χ1n) is 11.1. The summed E-state index contributed by atoms with van der Waals surface area (Å²) in [6.07, 6.45) is 3.77. The van der Waals surface area contributed by atoms with Crippen LogP contribution in [0.1, 0.15) is 31.2 Å². The lowest BCUT2D eigenvalue weighted by atomic mass is 10.1. The molecule has 2 aromatic rings. The van der Waals surface area contributed by atoms with Crippen molar-refractivity contribution in [3.63, 3.8) is 0 Å². The molecule has 0 saturated carbocycles. The van der Waals surface area contributed by atoms with Gasteiger partial charge in [-0.05, 0) is 55.5 Å². The summed E-state index contributed by atoms with van der Waals surface area (Å²) in [6.45, 7) is 3.31. The zero-order valence-corrected chi connectivity index (χ0v) is 18.6. The summed E-state index contributed by atoms with van der Waals surface area (Å²) in [4.78, 5) is 15.3. The van der Waals surface area contributed by atoms with Gasteiger partial charge in [0.1, 0.15) is 0 Å². The van der Waals surface area contributed by atoms with Gasteiger partial charge < -0.3 is 9.64 Å². The van der Waals surface area contributed by atoms with Crippen LogP contribution in [0.4, 0.5) is 5.69 Å². The van der Waals surface area contributed by atoms with Gasteiger partial charge in [-0.25, -0.2) is 8.42 Å². The minimum absolute atomic E-state index is 0.0758. The third-order valence-electron chi connectivity index (χ3n) is 6.09. The van der Waals surface area contributed by atoms with Crippen LogP contribution in [0.5, 0.6) is 0 Å². The van der Waals surface area contributed by atoms with Crippen molar-refractivity contribution in [2.45, 2.75) is 37.0 Å². The molecular formula is C24H30N2O4S. The van der Waals surface area contributed by atoms with Gasteiger partial charge in [0.25, 0.3) is 0 Å². The lowest BCUT2D eigenvalue weighted by Gasteiger charge is -2.25. The quantitative estimate of drug-likeness (QED) is 0.628. The Morgan fingerprint density at radius 2 is 1.74 bits per heavy atom. The fourth-order valence-electron chi connectivity index (χ4n) is 4.24. The summed E-state index contributed by atoms with van der Waals surface area (Å²) < 4.78 is 32.4. The first-order valence-corrected chi connectivity index (χ1v) is 12.5. The molecule has 1 amide bonds. The van der Waals surface area contributed by atoms with E-state index in [1.807, 2.05) is 47.4 Å². The molecule has 0 aromatic heterocycles. The van der Waals surface area contributed by atoms with Crippen molar-refractivity contribution in [2.75, 3.05) is 37.7 Å². The molecule has 0 bridgehead atoms. The van der Waals surface area contributed by atoms with Crippen molar-refractivity contribution in [3.8, 4) is 0 Å². The Morgan fingerprint density at radius 3 is 2.39 bits per heavy atom. The van der Waals surface area contributed by atoms with Crippen molar-refractivity contribution >= 4 is 21.6 Å². The first-order chi connectivity index (χ1) is 15.0. The van der Waals surface area contributed by atoms with E-state index >= 15 is 0 Å². The second-order valence-corrected chi connectivity index (χ2v) is 10.3. The average molecular weight is 443 g/mol. The second kappa shape index (κ2) is 9.94. The highest BCUT2D eigenvalue weighted by Crippen LogP contribution is 2.23. The largest absolute Gasteiger partial charge is 0.381 e. The van der Waals surface area contributed by atoms with Gasteiger partial charge in [0.05, 0.1) is 11.5 Å². The molecule has 2 aliphatic rings. The van der Waals surface area contributed by atoms with E-state index in [9.17, 15) is 13.2 Å². The summed E-state index contributed by atoms with van der Waals surface area (Å²) in [5.41, 5.74) is 1.87. The Kier molecular flexibility index (Phi) is 7.05. The zero-order chi connectivity index (χ0) is 21.7. The molecule has 0 spiro atoms. The number of benzene rings is 2. The highest BCUT2D eigenvalue weighted by atomic mass is 32.2. The summed E-state index contributed by atoms with van der Waals surface area (Å²) in [5.74, 6) is 0.436. The predicted molar refractivity (Wildman–Crippen MR) is 120 cm³/mol. The molecule has 2 heterocycles. The van der Waals surface area contributed by atoms with Crippen LogP contribution in [0, 0.1) is 5.92 Å². The number of anilines is 1. The van der Waals surface area contributed by atoms with E-state index in [2.05, 4.69) is 0 Å². The summed E-state index contributed by atoms with van der Waals surface area (Å²) in [6, 6.07) is 16.7. The Morgan fingerprint density at radius 1 is 1.03 bits per heavy atom. The fourth-order valence-corrected chi connectivity index (χ4v) is 5.75. The van der Waals surface area contributed by atoms with Crippen molar-refractivity contribution in [2.24, 2.45) is 5.92 Å².